The van der Waals surface area contributed by atoms with Gasteiger partial charge in [-0.3, -0.25) is 0 Å². The minimum atomic E-state index is -0.185. The molecule has 0 amide bonds. The number of rotatable bonds is 3. The van der Waals surface area contributed by atoms with E-state index in [1.807, 2.05) is 30.3 Å². The van der Waals surface area contributed by atoms with Crippen LogP contribution < -0.4 is 14.4 Å². The molecule has 0 atom stereocenters. The molecular formula is C33H25NO2. The predicted octanol–water partition coefficient (Wildman–Crippen LogP) is 9.36. The first-order valence-corrected chi connectivity index (χ1v) is 12.3. The van der Waals surface area contributed by atoms with E-state index in [1.54, 1.807) is 0 Å². The summed E-state index contributed by atoms with van der Waals surface area (Å²) in [4.78, 5) is 2.31. The maximum absolute atomic E-state index is 6.45. The van der Waals surface area contributed by atoms with Gasteiger partial charge in [0.2, 0.25) is 0 Å². The van der Waals surface area contributed by atoms with Crippen LogP contribution in [-0.2, 0) is 5.41 Å². The van der Waals surface area contributed by atoms with Crippen molar-refractivity contribution >= 4 is 17.1 Å². The highest BCUT2D eigenvalue weighted by Crippen LogP contribution is 2.59. The molecule has 5 aromatic carbocycles. The van der Waals surface area contributed by atoms with E-state index in [0.717, 1.165) is 45.6 Å². The topological polar surface area (TPSA) is 21.7 Å². The normalized spacial score (nSPS) is 13.9. The van der Waals surface area contributed by atoms with Crippen LogP contribution in [0.25, 0.3) is 11.1 Å². The van der Waals surface area contributed by atoms with E-state index in [9.17, 15) is 0 Å². The SMILES string of the molecule is CC1(C)c2cc(N(c3ccccc3)c3ccccc3)ccc2-c2c1ccc1c2Oc2ccccc2O1. The summed E-state index contributed by atoms with van der Waals surface area (Å²) in [5.41, 5.74) is 8.05. The Morgan fingerprint density at radius 1 is 0.528 bits per heavy atom. The number of fused-ring (bicyclic) bond motifs is 6. The van der Waals surface area contributed by atoms with Gasteiger partial charge in [0, 0.05) is 28.0 Å². The Hall–Kier alpha value is -4.50. The first kappa shape index (κ1) is 20.8. The second kappa shape index (κ2) is 7.76. The summed E-state index contributed by atoms with van der Waals surface area (Å²) in [6.07, 6.45) is 0. The molecule has 7 rings (SSSR count). The number of para-hydroxylation sites is 4. The van der Waals surface area contributed by atoms with Crippen LogP contribution >= 0.6 is 0 Å². The molecule has 0 N–H and O–H groups in total. The molecule has 1 aliphatic heterocycles. The standard InChI is InChI=1S/C33H25NO2/c1-33(2)26-19-20-30-32(36-29-16-10-9-15-28(29)35-30)31(26)25-18-17-24(21-27(25)33)34(22-11-5-3-6-12-22)23-13-7-4-8-14-23/h3-21H,1-2H3. The number of anilines is 3. The molecule has 1 aliphatic carbocycles. The van der Waals surface area contributed by atoms with Crippen LogP contribution in [0.3, 0.4) is 0 Å². The van der Waals surface area contributed by atoms with E-state index >= 15 is 0 Å². The molecular weight excluding hydrogens is 442 g/mol. The van der Waals surface area contributed by atoms with Gasteiger partial charge >= 0.3 is 0 Å². The molecule has 1 heterocycles. The number of hydrogen-bond donors (Lipinski definition) is 0. The maximum atomic E-state index is 6.45. The van der Waals surface area contributed by atoms with Gasteiger partial charge in [-0.25, -0.2) is 0 Å². The summed E-state index contributed by atoms with van der Waals surface area (Å²) in [6.45, 7) is 4.59. The minimum Gasteiger partial charge on any atom is -0.449 e. The molecule has 0 fully saturated rings. The molecule has 5 aromatic rings. The molecule has 0 aromatic heterocycles. The fourth-order valence-electron chi connectivity index (χ4n) is 5.53. The number of benzene rings is 5. The first-order valence-electron chi connectivity index (χ1n) is 12.3. The summed E-state index contributed by atoms with van der Waals surface area (Å²) in [5.74, 6) is 3.06. The third kappa shape index (κ3) is 3.06. The van der Waals surface area contributed by atoms with Crippen molar-refractivity contribution in [2.75, 3.05) is 4.90 Å². The molecule has 174 valence electrons. The molecule has 0 radical (unpaired) electrons. The van der Waals surface area contributed by atoms with Gasteiger partial charge in [0.1, 0.15) is 0 Å². The Kier molecular flexibility index (Phi) is 4.49. The Bertz CT molecular complexity index is 1570. The van der Waals surface area contributed by atoms with Gasteiger partial charge in [0.15, 0.2) is 23.0 Å². The van der Waals surface area contributed by atoms with Crippen LogP contribution in [0.1, 0.15) is 25.0 Å². The van der Waals surface area contributed by atoms with Crippen LogP contribution in [-0.4, -0.2) is 0 Å². The second-order valence-corrected chi connectivity index (χ2v) is 9.83. The zero-order valence-electron chi connectivity index (χ0n) is 20.2. The second-order valence-electron chi connectivity index (χ2n) is 9.83. The van der Waals surface area contributed by atoms with E-state index < -0.39 is 0 Å². The van der Waals surface area contributed by atoms with E-state index in [-0.39, 0.29) is 5.41 Å². The van der Waals surface area contributed by atoms with Crippen LogP contribution in [0.5, 0.6) is 23.0 Å². The number of nitrogens with zero attached hydrogens (tertiary/aromatic N) is 1. The fourth-order valence-corrected chi connectivity index (χ4v) is 5.53. The Balaban J connectivity index is 1.40. The minimum absolute atomic E-state index is 0.185. The molecule has 0 unspecified atom stereocenters. The lowest BCUT2D eigenvalue weighted by molar-refractivity contribution is 0.360. The Labute approximate surface area is 211 Å². The highest BCUT2D eigenvalue weighted by molar-refractivity contribution is 5.90. The lowest BCUT2D eigenvalue weighted by Gasteiger charge is -2.28. The van der Waals surface area contributed by atoms with Crippen molar-refractivity contribution in [2.45, 2.75) is 19.3 Å². The predicted molar refractivity (Wildman–Crippen MR) is 145 cm³/mol. The molecule has 2 aliphatic rings. The zero-order chi connectivity index (χ0) is 24.3. The number of hydrogen-bond acceptors (Lipinski definition) is 3. The van der Waals surface area contributed by atoms with Gasteiger partial charge in [-0.15, -0.1) is 0 Å². The van der Waals surface area contributed by atoms with E-state index in [4.69, 9.17) is 9.47 Å². The highest BCUT2D eigenvalue weighted by Gasteiger charge is 2.40. The van der Waals surface area contributed by atoms with Crippen LogP contribution in [0.4, 0.5) is 17.1 Å². The van der Waals surface area contributed by atoms with Gasteiger partial charge in [-0.05, 0) is 71.3 Å². The zero-order valence-corrected chi connectivity index (χ0v) is 20.2. The summed E-state index contributed by atoms with van der Waals surface area (Å²) >= 11 is 0. The fraction of sp³-hybridized carbons (Fsp3) is 0.0909. The van der Waals surface area contributed by atoms with E-state index in [2.05, 4.69) is 104 Å². The molecule has 0 bridgehead atoms. The summed E-state index contributed by atoms with van der Waals surface area (Å²) < 4.78 is 12.7. The average molecular weight is 468 g/mol. The van der Waals surface area contributed by atoms with Crippen molar-refractivity contribution in [1.29, 1.82) is 0 Å². The van der Waals surface area contributed by atoms with Gasteiger partial charge in [-0.2, -0.15) is 0 Å². The molecule has 0 spiro atoms. The van der Waals surface area contributed by atoms with Crippen molar-refractivity contribution in [2.24, 2.45) is 0 Å². The van der Waals surface area contributed by atoms with Crippen LogP contribution in [0.2, 0.25) is 0 Å². The Morgan fingerprint density at radius 3 is 1.81 bits per heavy atom. The van der Waals surface area contributed by atoms with Crippen molar-refractivity contribution in [3.63, 3.8) is 0 Å². The van der Waals surface area contributed by atoms with E-state index in [0.29, 0.717) is 0 Å². The lowest BCUT2D eigenvalue weighted by Crippen LogP contribution is -2.16. The van der Waals surface area contributed by atoms with E-state index in [1.165, 1.54) is 16.7 Å². The van der Waals surface area contributed by atoms with Gasteiger partial charge in [0.25, 0.3) is 0 Å². The highest BCUT2D eigenvalue weighted by atomic mass is 16.6. The van der Waals surface area contributed by atoms with Crippen molar-refractivity contribution in [3.05, 3.63) is 126 Å². The molecule has 0 saturated heterocycles. The van der Waals surface area contributed by atoms with Crippen LogP contribution in [0, 0.1) is 0 Å². The molecule has 36 heavy (non-hydrogen) atoms. The summed E-state index contributed by atoms with van der Waals surface area (Å²) in [6, 6.07) is 39.9. The monoisotopic (exact) mass is 467 g/mol. The summed E-state index contributed by atoms with van der Waals surface area (Å²) in [5, 5.41) is 0. The van der Waals surface area contributed by atoms with Crippen molar-refractivity contribution in [1.82, 2.24) is 0 Å². The first-order chi connectivity index (χ1) is 17.6. The van der Waals surface area contributed by atoms with Crippen LogP contribution in [0.15, 0.2) is 115 Å². The Morgan fingerprint density at radius 2 is 1.14 bits per heavy atom. The van der Waals surface area contributed by atoms with Gasteiger partial charge in [0.05, 0.1) is 0 Å². The average Bonchev–Trinajstić information content (AvgIpc) is 3.15. The molecule has 0 saturated carbocycles. The lowest BCUT2D eigenvalue weighted by atomic mass is 9.82. The largest absolute Gasteiger partial charge is 0.449 e. The number of ether oxygens (including phenoxy) is 2. The van der Waals surface area contributed by atoms with Gasteiger partial charge < -0.3 is 14.4 Å². The van der Waals surface area contributed by atoms with Gasteiger partial charge in [-0.1, -0.05) is 74.5 Å². The quantitative estimate of drug-likeness (QED) is 0.259. The molecule has 3 heteroatoms. The third-order valence-electron chi connectivity index (χ3n) is 7.31. The third-order valence-corrected chi connectivity index (χ3v) is 7.31. The smallest absolute Gasteiger partial charge is 0.178 e. The molecule has 3 nitrogen and oxygen atoms in total. The van der Waals surface area contributed by atoms with Crippen molar-refractivity contribution in [3.8, 4) is 34.1 Å². The maximum Gasteiger partial charge on any atom is 0.178 e. The summed E-state index contributed by atoms with van der Waals surface area (Å²) in [7, 11) is 0. The van der Waals surface area contributed by atoms with Crippen molar-refractivity contribution < 1.29 is 9.47 Å².